The summed E-state index contributed by atoms with van der Waals surface area (Å²) < 4.78 is 10.5. The second-order valence-electron chi connectivity index (χ2n) is 4.96. The summed E-state index contributed by atoms with van der Waals surface area (Å²) in [5, 5.41) is 3.27. The zero-order valence-electron chi connectivity index (χ0n) is 11.8. The summed E-state index contributed by atoms with van der Waals surface area (Å²) in [5.41, 5.74) is 0. The Bertz CT molecular complexity index is 282. The Hall–Kier alpha value is -0.690. The van der Waals surface area contributed by atoms with Crippen LogP contribution in [0.5, 0.6) is 0 Å². The molecule has 0 aromatic rings. The zero-order valence-corrected chi connectivity index (χ0v) is 11.8. The van der Waals surface area contributed by atoms with Gasteiger partial charge in [-0.2, -0.15) is 0 Å². The lowest BCUT2D eigenvalue weighted by atomic mass is 10.2. The smallest absolute Gasteiger partial charge is 0.324 e. The Labute approximate surface area is 115 Å². The van der Waals surface area contributed by atoms with Gasteiger partial charge in [-0.05, 0) is 6.92 Å². The third-order valence-electron chi connectivity index (χ3n) is 3.72. The standard InChI is InChI=1S/C13H25N3O3/c1-2-19-13(17)12-11-14-3-4-16(12)6-5-15-7-9-18-10-8-15/h12,14H,2-11H2,1H3. The largest absolute Gasteiger partial charge is 0.465 e. The van der Waals surface area contributed by atoms with Crippen LogP contribution in [0.4, 0.5) is 0 Å². The normalized spacial score (nSPS) is 26.3. The third kappa shape index (κ3) is 4.42. The maximum atomic E-state index is 11.9. The molecule has 6 heteroatoms. The summed E-state index contributed by atoms with van der Waals surface area (Å²) in [6, 6.07) is -0.130. The first-order valence-corrected chi connectivity index (χ1v) is 7.22. The second-order valence-corrected chi connectivity index (χ2v) is 4.96. The van der Waals surface area contributed by atoms with Crippen molar-refractivity contribution in [1.82, 2.24) is 15.1 Å². The fourth-order valence-corrected chi connectivity index (χ4v) is 2.58. The third-order valence-corrected chi connectivity index (χ3v) is 3.72. The molecule has 0 bridgehead atoms. The predicted molar refractivity (Wildman–Crippen MR) is 72.1 cm³/mol. The van der Waals surface area contributed by atoms with Crippen molar-refractivity contribution in [3.8, 4) is 0 Å². The first-order chi connectivity index (χ1) is 9.31. The van der Waals surface area contributed by atoms with Crippen LogP contribution in [-0.2, 0) is 14.3 Å². The van der Waals surface area contributed by atoms with Crippen LogP contribution in [0.1, 0.15) is 6.92 Å². The number of nitrogens with one attached hydrogen (secondary N) is 1. The average Bonchev–Trinajstić information content (AvgIpc) is 2.47. The van der Waals surface area contributed by atoms with Gasteiger partial charge < -0.3 is 14.8 Å². The number of esters is 1. The van der Waals surface area contributed by atoms with E-state index in [2.05, 4.69) is 15.1 Å². The van der Waals surface area contributed by atoms with Gasteiger partial charge in [-0.3, -0.25) is 14.6 Å². The van der Waals surface area contributed by atoms with E-state index in [1.165, 1.54) is 0 Å². The second kappa shape index (κ2) is 7.79. The van der Waals surface area contributed by atoms with Gasteiger partial charge in [0.15, 0.2) is 0 Å². The van der Waals surface area contributed by atoms with Gasteiger partial charge in [0.2, 0.25) is 0 Å². The molecule has 1 atom stereocenters. The molecule has 2 aliphatic rings. The minimum Gasteiger partial charge on any atom is -0.465 e. The first kappa shape index (κ1) is 14.7. The van der Waals surface area contributed by atoms with Gasteiger partial charge in [-0.1, -0.05) is 0 Å². The number of piperazine rings is 1. The lowest BCUT2D eigenvalue weighted by Crippen LogP contribution is -2.57. The van der Waals surface area contributed by atoms with Crippen molar-refractivity contribution in [2.75, 3.05) is 65.6 Å². The number of carbonyl (C=O) groups excluding carboxylic acids is 1. The highest BCUT2D eigenvalue weighted by Crippen LogP contribution is 2.06. The van der Waals surface area contributed by atoms with Gasteiger partial charge in [0.25, 0.3) is 0 Å². The highest BCUT2D eigenvalue weighted by Gasteiger charge is 2.29. The van der Waals surface area contributed by atoms with Crippen LogP contribution >= 0.6 is 0 Å². The van der Waals surface area contributed by atoms with Crippen LogP contribution in [0.25, 0.3) is 0 Å². The lowest BCUT2D eigenvalue weighted by Gasteiger charge is -2.36. The molecule has 19 heavy (non-hydrogen) atoms. The summed E-state index contributed by atoms with van der Waals surface area (Å²) in [5.74, 6) is -0.100. The van der Waals surface area contributed by atoms with E-state index >= 15 is 0 Å². The SMILES string of the molecule is CCOC(=O)C1CNCCN1CCN1CCOCC1. The number of nitrogens with zero attached hydrogens (tertiary/aromatic N) is 2. The van der Waals surface area contributed by atoms with Crippen molar-refractivity contribution in [1.29, 1.82) is 0 Å². The molecule has 110 valence electrons. The number of carbonyl (C=O) groups is 1. The molecule has 2 fully saturated rings. The molecule has 2 rings (SSSR count). The summed E-state index contributed by atoms with van der Waals surface area (Å²) in [6.07, 6.45) is 0. The van der Waals surface area contributed by atoms with Gasteiger partial charge in [0.1, 0.15) is 6.04 Å². The first-order valence-electron chi connectivity index (χ1n) is 7.22. The molecule has 2 saturated heterocycles. The molecule has 2 heterocycles. The fraction of sp³-hybridized carbons (Fsp3) is 0.923. The van der Waals surface area contributed by atoms with Crippen molar-refractivity contribution in [2.45, 2.75) is 13.0 Å². The van der Waals surface area contributed by atoms with Crippen LogP contribution in [0.15, 0.2) is 0 Å². The van der Waals surface area contributed by atoms with E-state index in [9.17, 15) is 4.79 Å². The summed E-state index contributed by atoms with van der Waals surface area (Å²) in [6.45, 7) is 10.4. The number of ether oxygens (including phenoxy) is 2. The van der Waals surface area contributed by atoms with Crippen molar-refractivity contribution in [3.05, 3.63) is 0 Å². The molecule has 0 saturated carbocycles. The molecule has 0 radical (unpaired) electrons. The van der Waals surface area contributed by atoms with Crippen LogP contribution in [0.2, 0.25) is 0 Å². The van der Waals surface area contributed by atoms with E-state index in [-0.39, 0.29) is 12.0 Å². The minimum atomic E-state index is -0.130. The molecule has 1 N–H and O–H groups in total. The van der Waals surface area contributed by atoms with E-state index in [0.29, 0.717) is 13.2 Å². The molecule has 0 aliphatic carbocycles. The summed E-state index contributed by atoms with van der Waals surface area (Å²) in [4.78, 5) is 16.6. The summed E-state index contributed by atoms with van der Waals surface area (Å²) >= 11 is 0. The molecular formula is C13H25N3O3. The van der Waals surface area contributed by atoms with Gasteiger partial charge in [0.05, 0.1) is 19.8 Å². The Balaban J connectivity index is 1.79. The van der Waals surface area contributed by atoms with E-state index in [0.717, 1.165) is 52.5 Å². The van der Waals surface area contributed by atoms with Crippen molar-refractivity contribution in [3.63, 3.8) is 0 Å². The van der Waals surface area contributed by atoms with Gasteiger partial charge in [-0.15, -0.1) is 0 Å². The topological polar surface area (TPSA) is 54.0 Å². The molecule has 0 aromatic carbocycles. The Morgan fingerprint density at radius 1 is 1.32 bits per heavy atom. The van der Waals surface area contributed by atoms with Gasteiger partial charge >= 0.3 is 5.97 Å². The average molecular weight is 271 g/mol. The Kier molecular flexibility index (Phi) is 6.03. The quantitative estimate of drug-likeness (QED) is 0.658. The lowest BCUT2D eigenvalue weighted by molar-refractivity contribution is -0.150. The molecule has 1 unspecified atom stereocenters. The molecular weight excluding hydrogens is 246 g/mol. The van der Waals surface area contributed by atoms with Crippen LogP contribution < -0.4 is 5.32 Å². The Morgan fingerprint density at radius 3 is 2.84 bits per heavy atom. The molecule has 6 nitrogen and oxygen atoms in total. The zero-order chi connectivity index (χ0) is 13.5. The number of hydrogen-bond donors (Lipinski definition) is 1. The van der Waals surface area contributed by atoms with E-state index < -0.39 is 0 Å². The monoisotopic (exact) mass is 271 g/mol. The number of rotatable bonds is 5. The predicted octanol–water partition coefficient (Wildman–Crippen LogP) is -0.844. The maximum Gasteiger partial charge on any atom is 0.324 e. The molecule has 2 aliphatic heterocycles. The Morgan fingerprint density at radius 2 is 2.11 bits per heavy atom. The van der Waals surface area contributed by atoms with Gasteiger partial charge in [-0.25, -0.2) is 0 Å². The molecule has 0 aromatic heterocycles. The van der Waals surface area contributed by atoms with Crippen LogP contribution in [-0.4, -0.2) is 87.4 Å². The molecule has 0 amide bonds. The molecule has 0 spiro atoms. The van der Waals surface area contributed by atoms with Crippen molar-refractivity contribution >= 4 is 5.97 Å². The fourth-order valence-electron chi connectivity index (χ4n) is 2.58. The van der Waals surface area contributed by atoms with Gasteiger partial charge in [0, 0.05) is 45.8 Å². The van der Waals surface area contributed by atoms with Crippen molar-refractivity contribution in [2.24, 2.45) is 0 Å². The van der Waals surface area contributed by atoms with Crippen molar-refractivity contribution < 1.29 is 14.3 Å². The van der Waals surface area contributed by atoms with Crippen LogP contribution in [0.3, 0.4) is 0 Å². The maximum absolute atomic E-state index is 11.9. The summed E-state index contributed by atoms with van der Waals surface area (Å²) in [7, 11) is 0. The minimum absolute atomic E-state index is 0.100. The van der Waals surface area contributed by atoms with E-state index in [1.54, 1.807) is 0 Å². The number of hydrogen-bond acceptors (Lipinski definition) is 6. The highest BCUT2D eigenvalue weighted by molar-refractivity contribution is 5.76. The highest BCUT2D eigenvalue weighted by atomic mass is 16.5. The number of morpholine rings is 1. The van der Waals surface area contributed by atoms with Crippen LogP contribution in [0, 0.1) is 0 Å². The van der Waals surface area contributed by atoms with E-state index in [4.69, 9.17) is 9.47 Å². The van der Waals surface area contributed by atoms with E-state index in [1.807, 2.05) is 6.92 Å².